The van der Waals surface area contributed by atoms with Crippen molar-refractivity contribution >= 4 is 24.0 Å². The first-order valence-corrected chi connectivity index (χ1v) is 4.84. The van der Waals surface area contributed by atoms with Gasteiger partial charge in [-0.2, -0.15) is 0 Å². The predicted octanol–water partition coefficient (Wildman–Crippen LogP) is 1.79. The van der Waals surface area contributed by atoms with Gasteiger partial charge in [-0.3, -0.25) is 0 Å². The minimum Gasteiger partial charge on any atom is -0.357 e. The lowest BCUT2D eigenvalue weighted by atomic mass is 10.5. The van der Waals surface area contributed by atoms with E-state index in [-0.39, 0.29) is 24.6 Å². The van der Waals surface area contributed by atoms with Gasteiger partial charge in [0.1, 0.15) is 0 Å². The first-order chi connectivity index (χ1) is 8.57. The van der Waals surface area contributed by atoms with Gasteiger partial charge in [0.05, 0.1) is 12.8 Å². The van der Waals surface area contributed by atoms with Crippen LogP contribution in [0, 0.1) is 0 Å². The molecule has 0 radical (unpaired) electrons. The second-order valence-corrected chi connectivity index (χ2v) is 2.63. The molecule has 0 heterocycles. The number of carbonyl (C=O) groups excluding carboxylic acids is 2. The van der Waals surface area contributed by atoms with E-state index < -0.39 is 12.2 Å². The molecule has 0 bridgehead atoms. The topological polar surface area (TPSA) is 150 Å². The van der Waals surface area contributed by atoms with Crippen LogP contribution < -0.4 is 0 Å². The Morgan fingerprint density at radius 2 is 1.28 bits per heavy atom. The van der Waals surface area contributed by atoms with Gasteiger partial charge in [-0.05, 0) is 0 Å². The minimum atomic E-state index is -1.25. The molecule has 18 heavy (non-hydrogen) atoms. The second-order valence-electron chi connectivity index (χ2n) is 2.63. The van der Waals surface area contributed by atoms with Crippen molar-refractivity contribution in [3.8, 4) is 0 Å². The molecule has 0 atom stereocenters. The number of hydrogen-bond acceptors (Lipinski definition) is 4. The number of ether oxygens (including phenoxy) is 2. The summed E-state index contributed by atoms with van der Waals surface area (Å²) in [6.07, 6.45) is -2.19. The van der Waals surface area contributed by atoms with Crippen molar-refractivity contribution in [1.29, 1.82) is 0 Å². The molecule has 0 aliphatic rings. The van der Waals surface area contributed by atoms with E-state index in [1.165, 1.54) is 0 Å². The summed E-state index contributed by atoms with van der Waals surface area (Å²) in [5.41, 5.74) is 16.7. The fraction of sp³-hybridized carbons (Fsp3) is 0.500. The summed E-state index contributed by atoms with van der Waals surface area (Å²) in [5, 5.41) is 5.68. The smallest absolute Gasteiger partial charge is 0.357 e. The average Bonchev–Trinajstić information content (AvgIpc) is 2.39. The lowest BCUT2D eigenvalue weighted by molar-refractivity contribution is -0.0361. The number of azo groups is 1. The Hall–Kier alpha value is -2.70. The third-order valence-corrected chi connectivity index (χ3v) is 1.45. The van der Waals surface area contributed by atoms with E-state index >= 15 is 0 Å². The van der Waals surface area contributed by atoms with E-state index in [2.05, 4.69) is 29.3 Å². The first kappa shape index (κ1) is 15.3. The molecular formula is C8H10N6O4. The van der Waals surface area contributed by atoms with Crippen molar-refractivity contribution < 1.29 is 28.6 Å². The summed E-state index contributed by atoms with van der Waals surface area (Å²) in [4.78, 5) is 27.2. The van der Waals surface area contributed by atoms with Crippen molar-refractivity contribution in [2.24, 2.45) is 10.2 Å². The molecule has 0 saturated heterocycles. The van der Waals surface area contributed by atoms with Crippen LogP contribution in [0.2, 0.25) is 0 Å². The fourth-order valence-corrected chi connectivity index (χ4v) is 0.651. The number of amides is 2. The number of carbonyl (C=O) groups is 2. The van der Waals surface area contributed by atoms with Gasteiger partial charge in [0.15, 0.2) is 0 Å². The first-order valence-electron chi connectivity index (χ1n) is 4.84. The van der Waals surface area contributed by atoms with Crippen LogP contribution in [-0.4, -0.2) is 33.6 Å². The third kappa shape index (κ3) is 6.01. The molecule has 10 nitrogen and oxygen atoms in total. The van der Waals surface area contributed by atoms with E-state index in [0.29, 0.717) is 0 Å². The van der Waals surface area contributed by atoms with Gasteiger partial charge in [-0.15, -0.1) is 9.58 Å². The summed E-state index contributed by atoms with van der Waals surface area (Å²) < 4.78 is 8.74. The standard InChI is InChI=1S/C8H10N6O4/c1-3-5(11-9)17-7(15)13-14-8(16)18-6(4-2)12-10/h3-4H2,1-2H3. The van der Waals surface area contributed by atoms with E-state index in [4.69, 9.17) is 11.1 Å². The van der Waals surface area contributed by atoms with Crippen LogP contribution in [0.1, 0.15) is 26.7 Å². The normalized spacial score (nSPS) is 9.22. The van der Waals surface area contributed by atoms with Gasteiger partial charge < -0.3 is 20.5 Å². The lowest BCUT2D eigenvalue weighted by Crippen LogP contribution is -2.11. The Morgan fingerprint density at radius 3 is 1.50 bits per heavy atom. The molecule has 0 spiro atoms. The molecule has 0 N–H and O–H groups in total. The Morgan fingerprint density at radius 1 is 0.944 bits per heavy atom. The van der Waals surface area contributed by atoms with Gasteiger partial charge in [0.25, 0.3) is 0 Å². The number of rotatable bonds is 2. The molecule has 2 amide bonds. The van der Waals surface area contributed by atoms with Crippen LogP contribution in [-0.2, 0) is 9.47 Å². The second kappa shape index (κ2) is 8.45. The van der Waals surface area contributed by atoms with Crippen LogP contribution in [0.5, 0.6) is 0 Å². The van der Waals surface area contributed by atoms with Crippen molar-refractivity contribution in [3.63, 3.8) is 0 Å². The number of hydrogen-bond donors (Lipinski definition) is 0. The zero-order valence-electron chi connectivity index (χ0n) is 9.73. The van der Waals surface area contributed by atoms with Crippen LogP contribution in [0.25, 0.3) is 11.1 Å². The zero-order chi connectivity index (χ0) is 14.0. The van der Waals surface area contributed by atoms with Crippen LogP contribution in [0.4, 0.5) is 9.59 Å². The Balaban J connectivity index is 4.39. The van der Waals surface area contributed by atoms with E-state index in [9.17, 15) is 9.59 Å². The molecule has 0 aromatic rings. The van der Waals surface area contributed by atoms with Crippen molar-refractivity contribution in [1.82, 2.24) is 0 Å². The van der Waals surface area contributed by atoms with Gasteiger partial charge in [-0.25, -0.2) is 9.59 Å². The zero-order valence-corrected chi connectivity index (χ0v) is 9.73. The van der Waals surface area contributed by atoms with Gasteiger partial charge in [0.2, 0.25) is 0 Å². The average molecular weight is 254 g/mol. The SMILES string of the molecule is CCC(=[N+]=[N-])OC(=O)N=NC(=O)OC(CC)=[N+]=[N-]. The molecule has 0 rings (SSSR count). The maximum atomic E-state index is 10.9. The quantitative estimate of drug-likeness (QED) is 0.319. The van der Waals surface area contributed by atoms with Crippen LogP contribution in [0.15, 0.2) is 10.2 Å². The lowest BCUT2D eigenvalue weighted by Gasteiger charge is -1.91. The predicted molar refractivity (Wildman–Crippen MR) is 55.7 cm³/mol. The largest absolute Gasteiger partial charge is 0.462 e. The van der Waals surface area contributed by atoms with Gasteiger partial charge >= 0.3 is 24.0 Å². The molecular weight excluding hydrogens is 244 g/mol. The maximum absolute atomic E-state index is 10.9. The van der Waals surface area contributed by atoms with Crippen LogP contribution >= 0.6 is 0 Å². The fourth-order valence-electron chi connectivity index (χ4n) is 0.651. The molecule has 0 unspecified atom stereocenters. The molecule has 0 aliphatic carbocycles. The summed E-state index contributed by atoms with van der Waals surface area (Å²) in [6, 6.07) is 0. The Labute approximate surface area is 101 Å². The molecule has 0 aromatic heterocycles. The van der Waals surface area contributed by atoms with Gasteiger partial charge in [-0.1, -0.05) is 24.1 Å². The molecule has 0 aliphatic heterocycles. The Bertz CT molecular complexity index is 416. The molecule has 0 saturated carbocycles. The molecule has 0 fully saturated rings. The monoisotopic (exact) mass is 254 g/mol. The Kier molecular flexibility index (Phi) is 7.18. The highest BCUT2D eigenvalue weighted by atomic mass is 16.6. The number of nitrogens with zero attached hydrogens (tertiary/aromatic N) is 6. The molecule has 96 valence electrons. The van der Waals surface area contributed by atoms with E-state index in [0.717, 1.165) is 0 Å². The molecule has 10 heteroatoms. The minimum absolute atomic E-state index is 0.152. The van der Waals surface area contributed by atoms with Crippen molar-refractivity contribution in [2.75, 3.05) is 0 Å². The third-order valence-electron chi connectivity index (χ3n) is 1.45. The maximum Gasteiger partial charge on any atom is 0.462 e. The van der Waals surface area contributed by atoms with E-state index in [1.54, 1.807) is 13.8 Å². The highest BCUT2D eigenvalue weighted by Gasteiger charge is 2.15. The summed E-state index contributed by atoms with van der Waals surface area (Å²) in [7, 11) is 0. The van der Waals surface area contributed by atoms with Crippen molar-refractivity contribution in [3.05, 3.63) is 11.1 Å². The summed E-state index contributed by atoms with van der Waals surface area (Å²) >= 11 is 0. The summed E-state index contributed by atoms with van der Waals surface area (Å²) in [6.45, 7) is 3.14. The highest BCUT2D eigenvalue weighted by molar-refractivity contribution is 5.87. The van der Waals surface area contributed by atoms with Crippen molar-refractivity contribution in [2.45, 2.75) is 26.7 Å². The highest BCUT2D eigenvalue weighted by Crippen LogP contribution is 1.94. The van der Waals surface area contributed by atoms with Gasteiger partial charge in [0, 0.05) is 0 Å². The van der Waals surface area contributed by atoms with E-state index in [1.807, 2.05) is 0 Å². The van der Waals surface area contributed by atoms with Crippen LogP contribution in [0.3, 0.4) is 0 Å². The summed E-state index contributed by atoms with van der Waals surface area (Å²) in [5.74, 6) is -0.558. The molecule has 0 aromatic carbocycles.